The molecule has 0 fully saturated rings. The molecule has 0 radical (unpaired) electrons. The van der Waals surface area contributed by atoms with Crippen LogP contribution in [-0.4, -0.2) is 32.2 Å². The van der Waals surface area contributed by atoms with E-state index in [4.69, 9.17) is 10.8 Å². The molecular formula is C14H14N4O3. The number of aromatic amines is 1. The summed E-state index contributed by atoms with van der Waals surface area (Å²) in [6, 6.07) is 6.91. The van der Waals surface area contributed by atoms with Crippen LogP contribution in [0.5, 0.6) is 0 Å². The molecule has 3 aromatic rings. The Morgan fingerprint density at radius 2 is 2.14 bits per heavy atom. The van der Waals surface area contributed by atoms with Crippen molar-refractivity contribution in [3.05, 3.63) is 45.9 Å². The third-order valence-electron chi connectivity index (χ3n) is 3.38. The van der Waals surface area contributed by atoms with Crippen molar-refractivity contribution in [1.29, 1.82) is 0 Å². The molecule has 21 heavy (non-hydrogen) atoms. The van der Waals surface area contributed by atoms with Crippen LogP contribution in [0.25, 0.3) is 16.6 Å². The predicted molar refractivity (Wildman–Crippen MR) is 77.2 cm³/mol. The van der Waals surface area contributed by atoms with Crippen molar-refractivity contribution in [3.8, 4) is 0 Å². The number of nitrogens with zero attached hydrogens (tertiary/aromatic N) is 2. The lowest BCUT2D eigenvalue weighted by Gasteiger charge is -1.99. The van der Waals surface area contributed by atoms with Crippen LogP contribution in [0.2, 0.25) is 0 Å². The van der Waals surface area contributed by atoms with Crippen molar-refractivity contribution in [2.24, 2.45) is 5.73 Å². The Hall–Kier alpha value is -2.67. The topological polar surface area (TPSA) is 113 Å². The molecule has 7 heteroatoms. The van der Waals surface area contributed by atoms with E-state index in [0.717, 1.165) is 0 Å². The van der Waals surface area contributed by atoms with Gasteiger partial charge in [-0.2, -0.15) is 0 Å². The van der Waals surface area contributed by atoms with E-state index in [-0.39, 0.29) is 23.4 Å². The first-order valence-corrected chi connectivity index (χ1v) is 6.56. The maximum Gasteiger partial charge on any atom is 0.280 e. The molecule has 0 bridgehead atoms. The maximum atomic E-state index is 12.4. The molecule has 0 aliphatic rings. The molecule has 2 heterocycles. The average molecular weight is 286 g/mol. The van der Waals surface area contributed by atoms with E-state index >= 15 is 0 Å². The van der Waals surface area contributed by atoms with Crippen molar-refractivity contribution in [1.82, 2.24) is 14.6 Å². The van der Waals surface area contributed by atoms with Crippen molar-refractivity contribution in [3.63, 3.8) is 0 Å². The first kappa shape index (κ1) is 13.3. The molecule has 7 nitrogen and oxygen atoms in total. The van der Waals surface area contributed by atoms with Gasteiger partial charge in [-0.05, 0) is 25.0 Å². The molecule has 0 saturated carbocycles. The van der Waals surface area contributed by atoms with Crippen LogP contribution in [0.4, 0.5) is 0 Å². The van der Waals surface area contributed by atoms with Gasteiger partial charge in [0.2, 0.25) is 0 Å². The van der Waals surface area contributed by atoms with Gasteiger partial charge in [-0.1, -0.05) is 12.1 Å². The van der Waals surface area contributed by atoms with Crippen LogP contribution >= 0.6 is 0 Å². The van der Waals surface area contributed by atoms with E-state index in [9.17, 15) is 9.59 Å². The SMILES string of the molecule is NC(=O)c1c(CCCO)[nH]n2c(=O)c3ccccc3nc12. The number of aromatic nitrogens is 3. The van der Waals surface area contributed by atoms with E-state index in [1.54, 1.807) is 24.3 Å². The summed E-state index contributed by atoms with van der Waals surface area (Å²) in [5, 5.41) is 12.3. The summed E-state index contributed by atoms with van der Waals surface area (Å²) < 4.78 is 1.23. The number of primary amides is 1. The number of amides is 1. The Morgan fingerprint density at radius 1 is 1.38 bits per heavy atom. The summed E-state index contributed by atoms with van der Waals surface area (Å²) in [4.78, 5) is 28.5. The molecule has 0 unspecified atom stereocenters. The van der Waals surface area contributed by atoms with Gasteiger partial charge in [0.1, 0.15) is 5.56 Å². The molecule has 108 valence electrons. The average Bonchev–Trinajstić information content (AvgIpc) is 2.84. The minimum Gasteiger partial charge on any atom is -0.396 e. The number of nitrogens with two attached hydrogens (primary N) is 1. The summed E-state index contributed by atoms with van der Waals surface area (Å²) in [6.07, 6.45) is 0.870. The first-order valence-electron chi connectivity index (χ1n) is 6.56. The summed E-state index contributed by atoms with van der Waals surface area (Å²) in [6.45, 7) is -0.0160. The Morgan fingerprint density at radius 3 is 2.86 bits per heavy atom. The number of H-pyrrole nitrogens is 1. The van der Waals surface area contributed by atoms with Crippen LogP contribution in [0.15, 0.2) is 29.1 Å². The number of fused-ring (bicyclic) bond motifs is 2. The number of rotatable bonds is 4. The standard InChI is InChI=1S/C14H14N4O3/c15-12(20)11-10(6-3-7-19)17-18-13(11)16-9-5-2-1-4-8(9)14(18)21/h1-2,4-5,17,19H,3,6-7H2,(H2,15,20). The van der Waals surface area contributed by atoms with Crippen LogP contribution in [-0.2, 0) is 6.42 Å². The fraction of sp³-hybridized carbons (Fsp3) is 0.214. The second-order valence-electron chi connectivity index (χ2n) is 4.75. The molecule has 0 aliphatic heterocycles. The van der Waals surface area contributed by atoms with E-state index < -0.39 is 5.91 Å². The highest BCUT2D eigenvalue weighted by Gasteiger charge is 2.19. The molecule has 0 aliphatic carbocycles. The summed E-state index contributed by atoms with van der Waals surface area (Å²) in [7, 11) is 0. The Balaban J connectivity index is 2.38. The van der Waals surface area contributed by atoms with Gasteiger partial charge in [0.05, 0.1) is 10.9 Å². The van der Waals surface area contributed by atoms with Crippen molar-refractivity contribution < 1.29 is 9.90 Å². The van der Waals surface area contributed by atoms with Crippen LogP contribution in [0, 0.1) is 0 Å². The van der Waals surface area contributed by atoms with Crippen LogP contribution in [0.3, 0.4) is 0 Å². The summed E-state index contributed by atoms with van der Waals surface area (Å²) in [5.41, 5.74) is 6.57. The van der Waals surface area contributed by atoms with E-state index in [1.165, 1.54) is 4.52 Å². The molecule has 2 aromatic heterocycles. The summed E-state index contributed by atoms with van der Waals surface area (Å²) in [5.74, 6) is -0.649. The van der Waals surface area contributed by atoms with Crippen LogP contribution < -0.4 is 11.3 Å². The zero-order chi connectivity index (χ0) is 15.0. The van der Waals surface area contributed by atoms with Crippen LogP contribution in [0.1, 0.15) is 22.5 Å². The number of aryl methyl sites for hydroxylation is 1. The molecular weight excluding hydrogens is 272 g/mol. The molecule has 0 saturated heterocycles. The van der Waals surface area contributed by atoms with Gasteiger partial charge in [-0.3, -0.25) is 14.7 Å². The highest BCUT2D eigenvalue weighted by molar-refractivity contribution is 6.00. The fourth-order valence-corrected chi connectivity index (χ4v) is 2.43. The second-order valence-corrected chi connectivity index (χ2v) is 4.75. The normalized spacial score (nSPS) is 11.3. The Kier molecular flexibility index (Phi) is 3.19. The van der Waals surface area contributed by atoms with Crippen molar-refractivity contribution >= 4 is 22.5 Å². The number of carbonyl (C=O) groups excluding carboxylic acids is 1. The van der Waals surface area contributed by atoms with E-state index in [2.05, 4.69) is 10.1 Å². The number of aliphatic hydroxyl groups is 1. The number of hydrogen-bond donors (Lipinski definition) is 3. The van der Waals surface area contributed by atoms with Gasteiger partial charge >= 0.3 is 0 Å². The number of aliphatic hydroxyl groups excluding tert-OH is 1. The molecule has 4 N–H and O–H groups in total. The van der Waals surface area contributed by atoms with Gasteiger partial charge in [-0.15, -0.1) is 0 Å². The second kappa shape index (κ2) is 5.02. The molecule has 3 rings (SSSR count). The lowest BCUT2D eigenvalue weighted by Crippen LogP contribution is -2.17. The molecule has 0 atom stereocenters. The molecule has 1 aromatic carbocycles. The maximum absolute atomic E-state index is 12.4. The van der Waals surface area contributed by atoms with Gasteiger partial charge in [-0.25, -0.2) is 9.50 Å². The smallest absolute Gasteiger partial charge is 0.280 e. The van der Waals surface area contributed by atoms with Gasteiger partial charge in [0.25, 0.3) is 11.5 Å². The quantitative estimate of drug-likeness (QED) is 0.635. The summed E-state index contributed by atoms with van der Waals surface area (Å²) >= 11 is 0. The number of benzene rings is 1. The highest BCUT2D eigenvalue weighted by atomic mass is 16.3. The van der Waals surface area contributed by atoms with Crippen molar-refractivity contribution in [2.75, 3.05) is 6.61 Å². The lowest BCUT2D eigenvalue weighted by molar-refractivity contribution is 0.100. The third kappa shape index (κ3) is 2.07. The Labute approximate surface area is 119 Å². The number of para-hydroxylation sites is 1. The van der Waals surface area contributed by atoms with Gasteiger partial charge < -0.3 is 10.8 Å². The zero-order valence-corrected chi connectivity index (χ0v) is 11.2. The largest absolute Gasteiger partial charge is 0.396 e. The fourth-order valence-electron chi connectivity index (χ4n) is 2.43. The minimum atomic E-state index is -0.649. The Bertz CT molecular complexity index is 894. The third-order valence-corrected chi connectivity index (χ3v) is 3.38. The van der Waals surface area contributed by atoms with E-state index in [0.29, 0.717) is 29.4 Å². The van der Waals surface area contributed by atoms with Gasteiger partial charge in [0, 0.05) is 12.3 Å². The number of hydrogen-bond acceptors (Lipinski definition) is 4. The first-order chi connectivity index (χ1) is 10.1. The van der Waals surface area contributed by atoms with Crippen molar-refractivity contribution in [2.45, 2.75) is 12.8 Å². The number of carbonyl (C=O) groups is 1. The highest BCUT2D eigenvalue weighted by Crippen LogP contribution is 2.16. The zero-order valence-electron chi connectivity index (χ0n) is 11.2. The van der Waals surface area contributed by atoms with E-state index in [1.807, 2.05) is 0 Å². The number of nitrogens with one attached hydrogen (secondary N) is 1. The minimum absolute atomic E-state index is 0.0160. The lowest BCUT2D eigenvalue weighted by atomic mass is 10.1. The molecule has 0 spiro atoms. The molecule has 1 amide bonds. The van der Waals surface area contributed by atoms with Gasteiger partial charge in [0.15, 0.2) is 5.65 Å². The monoisotopic (exact) mass is 286 g/mol. The predicted octanol–water partition coefficient (Wildman–Crippen LogP) is 0.200.